The standard InChI is InChI=1S/C23H25F6N5O3/c1-4-33(21(36)32-18(23(27,28)29)5-7-22(24,25)26)13(2)15-10-17(20(35)30-12-15)14-9-16-6-8-31-34(16)19(11-14)37-3/h6,8-13,18H,4-5,7H2,1-3H3,(H,30,35)(H,32,36)/t13-,18+/m1/s1. The fraction of sp³-hybridized carbons (Fsp3) is 0.435. The van der Waals surface area contributed by atoms with Gasteiger partial charge in [0, 0.05) is 30.8 Å². The van der Waals surface area contributed by atoms with Crippen molar-refractivity contribution < 1.29 is 35.9 Å². The molecule has 0 unspecified atom stereocenters. The fourth-order valence-electron chi connectivity index (χ4n) is 3.89. The predicted octanol–water partition coefficient (Wildman–Crippen LogP) is 5.06. The van der Waals surface area contributed by atoms with Crippen molar-refractivity contribution in [3.8, 4) is 17.0 Å². The topological polar surface area (TPSA) is 91.7 Å². The minimum Gasteiger partial charge on any atom is -0.481 e. The van der Waals surface area contributed by atoms with Crippen LogP contribution in [-0.2, 0) is 0 Å². The molecule has 0 aliphatic rings. The number of H-pyrrole nitrogens is 1. The number of aromatic nitrogens is 3. The Morgan fingerprint density at radius 2 is 1.92 bits per heavy atom. The molecule has 0 saturated carbocycles. The zero-order valence-electron chi connectivity index (χ0n) is 20.1. The molecule has 3 rings (SSSR count). The van der Waals surface area contributed by atoms with Crippen LogP contribution in [0.1, 0.15) is 38.3 Å². The Hall–Kier alpha value is -3.71. The molecule has 0 aliphatic carbocycles. The van der Waals surface area contributed by atoms with Crippen LogP contribution in [0.5, 0.6) is 5.88 Å². The van der Waals surface area contributed by atoms with Gasteiger partial charge in [-0.3, -0.25) is 4.79 Å². The van der Waals surface area contributed by atoms with E-state index in [-0.39, 0.29) is 12.1 Å². The highest BCUT2D eigenvalue weighted by Gasteiger charge is 2.43. The quantitative estimate of drug-likeness (QED) is 0.396. The molecule has 2 N–H and O–H groups in total. The molecule has 3 heterocycles. The number of hydrogen-bond donors (Lipinski definition) is 2. The lowest BCUT2D eigenvalue weighted by Gasteiger charge is -2.31. The van der Waals surface area contributed by atoms with Crippen molar-refractivity contribution in [1.82, 2.24) is 24.8 Å². The van der Waals surface area contributed by atoms with Crippen LogP contribution in [0.4, 0.5) is 31.1 Å². The number of amides is 2. The first kappa shape index (κ1) is 27.9. The summed E-state index contributed by atoms with van der Waals surface area (Å²) in [6.45, 7) is 2.99. The van der Waals surface area contributed by atoms with Crippen molar-refractivity contribution in [2.75, 3.05) is 13.7 Å². The molecule has 0 aliphatic heterocycles. The van der Waals surface area contributed by atoms with Crippen LogP contribution in [0.25, 0.3) is 16.6 Å². The normalized spacial score (nSPS) is 13.9. The minimum atomic E-state index is -5.07. The van der Waals surface area contributed by atoms with Gasteiger partial charge in [-0.05, 0) is 49.6 Å². The third-order valence-electron chi connectivity index (χ3n) is 5.87. The van der Waals surface area contributed by atoms with Crippen molar-refractivity contribution in [2.45, 2.75) is 51.1 Å². The monoisotopic (exact) mass is 533 g/mol. The molecule has 0 radical (unpaired) electrons. The number of ether oxygens (including phenoxy) is 1. The van der Waals surface area contributed by atoms with E-state index in [4.69, 9.17) is 4.74 Å². The fourth-order valence-corrected chi connectivity index (χ4v) is 3.89. The Labute approximate surface area is 207 Å². The number of pyridine rings is 2. The van der Waals surface area contributed by atoms with Crippen LogP contribution in [0, 0.1) is 0 Å². The van der Waals surface area contributed by atoms with E-state index in [0.29, 0.717) is 22.5 Å². The molecule has 14 heteroatoms. The van der Waals surface area contributed by atoms with E-state index in [2.05, 4.69) is 10.1 Å². The average molecular weight is 533 g/mol. The molecular weight excluding hydrogens is 508 g/mol. The maximum atomic E-state index is 13.3. The van der Waals surface area contributed by atoms with Crippen LogP contribution in [0.2, 0.25) is 0 Å². The molecule has 2 amide bonds. The number of rotatable bonds is 8. The second-order valence-corrected chi connectivity index (χ2v) is 8.29. The number of hydrogen-bond acceptors (Lipinski definition) is 4. The van der Waals surface area contributed by atoms with Gasteiger partial charge in [0.2, 0.25) is 5.88 Å². The summed E-state index contributed by atoms with van der Waals surface area (Å²) in [6, 6.07) is 1.76. The lowest BCUT2D eigenvalue weighted by molar-refractivity contribution is -0.171. The molecule has 0 spiro atoms. The highest BCUT2D eigenvalue weighted by molar-refractivity contribution is 5.75. The molecule has 3 aromatic rings. The van der Waals surface area contributed by atoms with Gasteiger partial charge < -0.3 is 19.9 Å². The van der Waals surface area contributed by atoms with E-state index >= 15 is 0 Å². The van der Waals surface area contributed by atoms with Crippen LogP contribution in [-0.4, -0.2) is 57.6 Å². The van der Waals surface area contributed by atoms with Gasteiger partial charge in [-0.2, -0.15) is 31.4 Å². The third-order valence-corrected chi connectivity index (χ3v) is 5.87. The van der Waals surface area contributed by atoms with Crippen LogP contribution >= 0.6 is 0 Å². The smallest absolute Gasteiger partial charge is 0.408 e. The Bertz CT molecular complexity index is 1300. The summed E-state index contributed by atoms with van der Waals surface area (Å²) in [5, 5.41) is 5.81. The molecule has 0 fully saturated rings. The van der Waals surface area contributed by atoms with Crippen molar-refractivity contribution in [2.24, 2.45) is 0 Å². The molecular formula is C23H25F6N5O3. The zero-order valence-corrected chi connectivity index (χ0v) is 20.1. The van der Waals surface area contributed by atoms with Crippen LogP contribution < -0.4 is 15.6 Å². The molecule has 3 aromatic heterocycles. The molecule has 37 heavy (non-hydrogen) atoms. The van der Waals surface area contributed by atoms with Crippen molar-refractivity contribution in [3.05, 3.63) is 52.6 Å². The molecule has 202 valence electrons. The molecule has 2 atom stereocenters. The molecule has 8 nitrogen and oxygen atoms in total. The lowest BCUT2D eigenvalue weighted by Crippen LogP contribution is -2.51. The van der Waals surface area contributed by atoms with Crippen LogP contribution in [0.3, 0.4) is 0 Å². The van der Waals surface area contributed by atoms with Crippen LogP contribution in [0.15, 0.2) is 41.5 Å². The number of alkyl halides is 6. The SMILES string of the molecule is CCN(C(=O)N[C@@H](CCC(F)(F)F)C(F)(F)F)[C@H](C)c1c[nH]c(=O)c(-c2cc(OC)n3nccc3c2)c1. The maximum absolute atomic E-state index is 13.3. The van der Waals surface area contributed by atoms with Gasteiger partial charge in [0.05, 0.1) is 24.9 Å². The van der Waals surface area contributed by atoms with Gasteiger partial charge in [-0.25, -0.2) is 9.31 Å². The number of carbonyl (C=O) groups excluding carboxylic acids is 1. The number of nitrogens with zero attached hydrogens (tertiary/aromatic N) is 3. The molecule has 0 aromatic carbocycles. The summed E-state index contributed by atoms with van der Waals surface area (Å²) >= 11 is 0. The number of carbonyl (C=O) groups is 1. The largest absolute Gasteiger partial charge is 0.481 e. The first-order valence-corrected chi connectivity index (χ1v) is 11.2. The number of fused-ring (bicyclic) bond motifs is 1. The van der Waals surface area contributed by atoms with Gasteiger partial charge in [0.15, 0.2) is 0 Å². The first-order chi connectivity index (χ1) is 17.2. The Morgan fingerprint density at radius 3 is 2.51 bits per heavy atom. The van der Waals surface area contributed by atoms with Gasteiger partial charge in [0.25, 0.3) is 5.56 Å². The average Bonchev–Trinajstić information content (AvgIpc) is 3.29. The van der Waals surface area contributed by atoms with E-state index in [0.717, 1.165) is 4.90 Å². The highest BCUT2D eigenvalue weighted by Crippen LogP contribution is 2.30. The lowest BCUT2D eigenvalue weighted by atomic mass is 10.0. The van der Waals surface area contributed by atoms with Gasteiger partial charge in [-0.15, -0.1) is 0 Å². The van der Waals surface area contributed by atoms with Gasteiger partial charge in [-0.1, -0.05) is 0 Å². The summed E-state index contributed by atoms with van der Waals surface area (Å²) in [4.78, 5) is 28.9. The predicted molar refractivity (Wildman–Crippen MR) is 122 cm³/mol. The highest BCUT2D eigenvalue weighted by atomic mass is 19.4. The van der Waals surface area contributed by atoms with E-state index < -0.39 is 48.9 Å². The first-order valence-electron chi connectivity index (χ1n) is 11.2. The number of nitrogens with one attached hydrogen (secondary N) is 2. The number of halogens is 6. The summed E-state index contributed by atoms with van der Waals surface area (Å²) < 4.78 is 84.3. The van der Waals surface area contributed by atoms with Gasteiger partial charge in [0.1, 0.15) is 6.04 Å². The summed E-state index contributed by atoms with van der Waals surface area (Å²) in [6.07, 6.45) is -10.0. The number of methoxy groups -OCH3 is 1. The zero-order chi connectivity index (χ0) is 27.5. The second kappa shape index (κ2) is 10.7. The van der Waals surface area contributed by atoms with E-state index in [1.54, 1.807) is 29.7 Å². The van der Waals surface area contributed by atoms with E-state index in [1.807, 2.05) is 0 Å². The van der Waals surface area contributed by atoms with Crippen molar-refractivity contribution in [1.29, 1.82) is 0 Å². The summed E-state index contributed by atoms with van der Waals surface area (Å²) in [7, 11) is 1.43. The van der Waals surface area contributed by atoms with Crippen molar-refractivity contribution >= 4 is 11.5 Å². The minimum absolute atomic E-state index is 0.0546. The second-order valence-electron chi connectivity index (χ2n) is 8.29. The van der Waals surface area contributed by atoms with E-state index in [9.17, 15) is 35.9 Å². The Balaban J connectivity index is 1.89. The maximum Gasteiger partial charge on any atom is 0.408 e. The third kappa shape index (κ3) is 6.54. The Kier molecular flexibility index (Phi) is 8.08. The van der Waals surface area contributed by atoms with Crippen molar-refractivity contribution in [3.63, 3.8) is 0 Å². The number of urea groups is 1. The summed E-state index contributed by atoms with van der Waals surface area (Å²) in [5.74, 6) is 0.349. The summed E-state index contributed by atoms with van der Waals surface area (Å²) in [5.41, 5.74) is 1.24. The van der Waals surface area contributed by atoms with Gasteiger partial charge >= 0.3 is 18.4 Å². The number of aromatic amines is 1. The molecule has 0 bridgehead atoms. The Morgan fingerprint density at radius 1 is 1.22 bits per heavy atom. The van der Waals surface area contributed by atoms with E-state index in [1.165, 1.54) is 37.7 Å². The molecule has 0 saturated heterocycles.